The molecular weight excluding hydrogens is 408 g/mol. The van der Waals surface area contributed by atoms with Crippen molar-refractivity contribution >= 4 is 46.6 Å². The molecule has 30 heavy (non-hydrogen) atoms. The lowest BCUT2D eigenvalue weighted by molar-refractivity contribution is -0.384. The first-order chi connectivity index (χ1) is 14.4. The van der Waals surface area contributed by atoms with Gasteiger partial charge in [-0.1, -0.05) is 12.1 Å². The Morgan fingerprint density at radius 1 is 1.17 bits per heavy atom. The molecular formula is C20H20N4O5S. The topological polar surface area (TPSA) is 123 Å². The van der Waals surface area contributed by atoms with Crippen LogP contribution in [0.3, 0.4) is 0 Å². The molecule has 2 amide bonds. The molecule has 0 aliphatic carbocycles. The van der Waals surface area contributed by atoms with Crippen LogP contribution in [0.15, 0.2) is 54.6 Å². The van der Waals surface area contributed by atoms with E-state index in [0.29, 0.717) is 30.0 Å². The van der Waals surface area contributed by atoms with Crippen molar-refractivity contribution in [2.45, 2.75) is 0 Å². The van der Waals surface area contributed by atoms with Gasteiger partial charge in [0, 0.05) is 31.9 Å². The number of carbonyl (C=O) groups is 2. The lowest BCUT2D eigenvalue weighted by atomic mass is 10.1. The van der Waals surface area contributed by atoms with E-state index in [1.54, 1.807) is 31.4 Å². The van der Waals surface area contributed by atoms with Crippen molar-refractivity contribution in [1.82, 2.24) is 10.6 Å². The van der Waals surface area contributed by atoms with Crippen molar-refractivity contribution < 1.29 is 19.2 Å². The summed E-state index contributed by atoms with van der Waals surface area (Å²) < 4.78 is 4.90. The van der Waals surface area contributed by atoms with E-state index in [4.69, 9.17) is 17.0 Å². The highest BCUT2D eigenvalue weighted by Gasteiger charge is 2.12. The number of non-ortho nitro benzene ring substituents is 1. The summed E-state index contributed by atoms with van der Waals surface area (Å²) in [7, 11) is 1.54. The monoisotopic (exact) mass is 428 g/mol. The third-order valence-corrected chi connectivity index (χ3v) is 3.98. The van der Waals surface area contributed by atoms with E-state index in [0.717, 1.165) is 0 Å². The number of nitrogens with zero attached hydrogens (tertiary/aromatic N) is 1. The zero-order valence-corrected chi connectivity index (χ0v) is 16.9. The van der Waals surface area contributed by atoms with Gasteiger partial charge in [-0.05, 0) is 48.1 Å². The van der Waals surface area contributed by atoms with Gasteiger partial charge in [-0.2, -0.15) is 0 Å². The second kappa shape index (κ2) is 11.4. The first-order valence-electron chi connectivity index (χ1n) is 8.81. The van der Waals surface area contributed by atoms with E-state index < -0.39 is 10.8 Å². The van der Waals surface area contributed by atoms with Gasteiger partial charge in [0.2, 0.25) is 5.91 Å². The average molecular weight is 428 g/mol. The molecule has 0 aliphatic rings. The van der Waals surface area contributed by atoms with Crippen LogP contribution in [0.4, 0.5) is 11.4 Å². The number of ether oxygens (including phenoxy) is 1. The van der Waals surface area contributed by atoms with Crippen molar-refractivity contribution in [2.24, 2.45) is 0 Å². The molecule has 3 N–H and O–H groups in total. The Bertz CT molecular complexity index is 960. The molecule has 0 saturated heterocycles. The summed E-state index contributed by atoms with van der Waals surface area (Å²) in [5.41, 5.74) is 1.39. The van der Waals surface area contributed by atoms with Gasteiger partial charge in [-0.3, -0.25) is 25.0 Å². The lowest BCUT2D eigenvalue weighted by Crippen LogP contribution is -2.34. The number of nitrogens with one attached hydrogen (secondary N) is 3. The van der Waals surface area contributed by atoms with Crippen molar-refractivity contribution in [3.05, 3.63) is 75.8 Å². The molecule has 10 heteroatoms. The maximum atomic E-state index is 12.3. The lowest BCUT2D eigenvalue weighted by Gasteiger charge is -2.13. The van der Waals surface area contributed by atoms with Gasteiger partial charge in [0.05, 0.1) is 22.8 Å². The molecule has 0 radical (unpaired) electrons. The Hall–Kier alpha value is -3.63. The summed E-state index contributed by atoms with van der Waals surface area (Å²) in [6, 6.07) is 12.5. The number of methoxy groups -OCH3 is 1. The molecule has 2 rings (SSSR count). The molecule has 2 aromatic carbocycles. The van der Waals surface area contributed by atoms with Gasteiger partial charge in [-0.25, -0.2) is 0 Å². The van der Waals surface area contributed by atoms with Crippen LogP contribution in [0.1, 0.15) is 15.9 Å². The van der Waals surface area contributed by atoms with Crippen LogP contribution < -0.4 is 16.0 Å². The van der Waals surface area contributed by atoms with E-state index in [2.05, 4.69) is 16.0 Å². The fraction of sp³-hybridized carbons (Fsp3) is 0.150. The zero-order chi connectivity index (χ0) is 21.9. The molecule has 0 saturated carbocycles. The highest BCUT2D eigenvalue weighted by molar-refractivity contribution is 7.80. The number of para-hydroxylation sites is 1. The summed E-state index contributed by atoms with van der Waals surface area (Å²) in [6.45, 7) is 0.745. The van der Waals surface area contributed by atoms with Crippen molar-refractivity contribution in [1.29, 1.82) is 0 Å². The number of hydrogen-bond acceptors (Lipinski definition) is 6. The highest BCUT2D eigenvalue weighted by atomic mass is 32.1. The second-order valence-electron chi connectivity index (χ2n) is 5.92. The van der Waals surface area contributed by atoms with Gasteiger partial charge >= 0.3 is 0 Å². The number of carbonyl (C=O) groups excluding carboxylic acids is 2. The predicted octanol–water partition coefficient (Wildman–Crippen LogP) is 2.50. The number of anilines is 1. The van der Waals surface area contributed by atoms with Crippen molar-refractivity contribution in [3.63, 3.8) is 0 Å². The number of thiocarbonyl (C=S) groups is 1. The van der Waals surface area contributed by atoms with E-state index in [1.807, 2.05) is 0 Å². The number of amides is 2. The standard InChI is InChI=1S/C20H20N4O5S/c1-29-13-12-21-19(26)16-4-2-3-5-17(16)22-20(30)23-18(25)11-8-14-6-9-15(10-7-14)24(27)28/h2-11H,12-13H2,1H3,(H,21,26)(H2,22,23,25,30)/b11-8+. The number of rotatable bonds is 8. The Kier molecular flexibility index (Phi) is 8.60. The smallest absolute Gasteiger partial charge is 0.269 e. The van der Waals surface area contributed by atoms with Gasteiger partial charge in [0.25, 0.3) is 11.6 Å². The zero-order valence-electron chi connectivity index (χ0n) is 16.1. The minimum absolute atomic E-state index is 0.0190. The van der Waals surface area contributed by atoms with Crippen molar-refractivity contribution in [2.75, 3.05) is 25.6 Å². The molecule has 2 aromatic rings. The van der Waals surface area contributed by atoms with E-state index in [1.165, 1.54) is 36.4 Å². The van der Waals surface area contributed by atoms with Crippen LogP contribution in [0, 0.1) is 10.1 Å². The first kappa shape index (κ1) is 22.7. The molecule has 0 atom stereocenters. The van der Waals surface area contributed by atoms with Crippen LogP contribution >= 0.6 is 12.2 Å². The SMILES string of the molecule is COCCNC(=O)c1ccccc1NC(=S)NC(=O)/C=C/c1ccc([N+](=O)[O-])cc1. The Labute approximate surface area is 178 Å². The number of nitro groups is 1. The number of hydrogen-bond donors (Lipinski definition) is 3. The first-order valence-corrected chi connectivity index (χ1v) is 9.22. The molecule has 0 fully saturated rings. The summed E-state index contributed by atoms with van der Waals surface area (Å²) in [5, 5.41) is 18.7. The van der Waals surface area contributed by atoms with Crippen molar-refractivity contribution in [3.8, 4) is 0 Å². The Morgan fingerprint density at radius 2 is 1.87 bits per heavy atom. The molecule has 0 spiro atoms. The quantitative estimate of drug-likeness (QED) is 0.194. The Morgan fingerprint density at radius 3 is 2.53 bits per heavy atom. The van der Waals surface area contributed by atoms with E-state index >= 15 is 0 Å². The van der Waals surface area contributed by atoms with Crippen LogP contribution in [0.25, 0.3) is 6.08 Å². The maximum Gasteiger partial charge on any atom is 0.269 e. The third-order valence-electron chi connectivity index (χ3n) is 3.78. The largest absolute Gasteiger partial charge is 0.383 e. The summed E-state index contributed by atoms with van der Waals surface area (Å²) >= 11 is 5.14. The number of benzene rings is 2. The average Bonchev–Trinajstić information content (AvgIpc) is 2.73. The summed E-state index contributed by atoms with van der Waals surface area (Å²) in [4.78, 5) is 34.5. The molecule has 0 aromatic heterocycles. The van der Waals surface area contributed by atoms with Crippen LogP contribution in [0.2, 0.25) is 0 Å². The van der Waals surface area contributed by atoms with E-state index in [-0.39, 0.29) is 16.7 Å². The number of nitro benzene ring substituents is 1. The minimum Gasteiger partial charge on any atom is -0.383 e. The second-order valence-corrected chi connectivity index (χ2v) is 6.33. The highest BCUT2D eigenvalue weighted by Crippen LogP contribution is 2.15. The van der Waals surface area contributed by atoms with Gasteiger partial charge in [0.1, 0.15) is 0 Å². The molecule has 0 unspecified atom stereocenters. The van der Waals surface area contributed by atoms with Gasteiger partial charge < -0.3 is 15.4 Å². The summed E-state index contributed by atoms with van der Waals surface area (Å²) in [5.74, 6) is -0.796. The van der Waals surface area contributed by atoms with Gasteiger partial charge in [0.15, 0.2) is 5.11 Å². The van der Waals surface area contributed by atoms with Crippen LogP contribution in [-0.4, -0.2) is 42.1 Å². The predicted molar refractivity (Wildman–Crippen MR) is 117 cm³/mol. The minimum atomic E-state index is -0.500. The fourth-order valence-corrected chi connectivity index (χ4v) is 2.55. The normalized spacial score (nSPS) is 10.4. The third kappa shape index (κ3) is 7.08. The maximum absolute atomic E-state index is 12.3. The van der Waals surface area contributed by atoms with Crippen LogP contribution in [-0.2, 0) is 9.53 Å². The van der Waals surface area contributed by atoms with Crippen LogP contribution in [0.5, 0.6) is 0 Å². The molecule has 0 bridgehead atoms. The Balaban J connectivity index is 1.94. The molecule has 0 heterocycles. The van der Waals surface area contributed by atoms with Gasteiger partial charge in [-0.15, -0.1) is 0 Å². The van der Waals surface area contributed by atoms with E-state index in [9.17, 15) is 19.7 Å². The molecule has 9 nitrogen and oxygen atoms in total. The molecule has 156 valence electrons. The summed E-state index contributed by atoms with van der Waals surface area (Å²) in [6.07, 6.45) is 2.75. The fourth-order valence-electron chi connectivity index (χ4n) is 2.34. The molecule has 0 aliphatic heterocycles.